The monoisotopic (exact) mass is 418 g/mol. The molecular weight excluding hydrogens is 396 g/mol. The molecule has 1 saturated heterocycles. The van der Waals surface area contributed by atoms with Crippen molar-refractivity contribution < 1.29 is 9.00 Å². The lowest BCUT2D eigenvalue weighted by atomic mass is 9.94. The molecule has 2 unspecified atom stereocenters. The van der Waals surface area contributed by atoms with E-state index in [-0.39, 0.29) is 11.8 Å². The number of amides is 1. The average molecular weight is 419 g/mol. The minimum Gasteiger partial charge on any atom is -0.282 e. The highest BCUT2D eigenvalue weighted by Gasteiger charge is 2.45. The number of fused-ring (bicyclic) bond motifs is 1. The Bertz CT molecular complexity index is 965. The molecule has 8 heteroatoms. The zero-order chi connectivity index (χ0) is 20.1. The second kappa shape index (κ2) is 7.21. The molecule has 2 aliphatic heterocycles. The first kappa shape index (κ1) is 19.5. The number of anilines is 1. The number of rotatable bonds is 3. The van der Waals surface area contributed by atoms with Gasteiger partial charge in [-0.1, -0.05) is 11.6 Å². The molecule has 0 spiro atoms. The third kappa shape index (κ3) is 3.25. The number of nitrogens with zero attached hydrogens (tertiary/aromatic N) is 4. The van der Waals surface area contributed by atoms with Crippen molar-refractivity contribution in [3.63, 3.8) is 0 Å². The van der Waals surface area contributed by atoms with E-state index in [2.05, 4.69) is 4.98 Å². The topological polar surface area (TPSA) is 66.4 Å². The Morgan fingerprint density at radius 2 is 2.07 bits per heavy atom. The van der Waals surface area contributed by atoms with Crippen molar-refractivity contribution in [2.24, 2.45) is 0 Å². The zero-order valence-corrected chi connectivity index (χ0v) is 17.8. The number of hydrogen-bond donors (Lipinski definition) is 0. The van der Waals surface area contributed by atoms with Gasteiger partial charge >= 0.3 is 0 Å². The third-order valence-corrected chi connectivity index (χ3v) is 6.96. The van der Waals surface area contributed by atoms with Crippen molar-refractivity contribution in [1.82, 2.24) is 14.3 Å². The fraction of sp³-hybridized carbons (Fsp3) is 0.450. The highest BCUT2D eigenvalue weighted by molar-refractivity contribution is 7.81. The van der Waals surface area contributed by atoms with Crippen molar-refractivity contribution in [2.75, 3.05) is 24.2 Å². The van der Waals surface area contributed by atoms with E-state index in [1.54, 1.807) is 35.7 Å². The summed E-state index contributed by atoms with van der Waals surface area (Å²) < 4.78 is 13.8. The summed E-state index contributed by atoms with van der Waals surface area (Å²) >= 11 is 6.17. The van der Waals surface area contributed by atoms with Crippen LogP contribution in [0.2, 0.25) is 5.02 Å². The number of carbonyl (C=O) groups excluding carboxylic acids is 1. The average Bonchev–Trinajstić information content (AvgIpc) is 2.87. The van der Waals surface area contributed by atoms with Gasteiger partial charge in [-0.05, 0) is 50.5 Å². The van der Waals surface area contributed by atoms with E-state index in [0.717, 1.165) is 30.6 Å². The van der Waals surface area contributed by atoms with Gasteiger partial charge in [-0.3, -0.25) is 14.7 Å². The lowest BCUT2D eigenvalue weighted by molar-refractivity contribution is 0.0981. The van der Waals surface area contributed by atoms with Crippen molar-refractivity contribution in [1.29, 1.82) is 0 Å². The van der Waals surface area contributed by atoms with E-state index in [1.165, 1.54) is 0 Å². The molecule has 1 amide bonds. The van der Waals surface area contributed by atoms with E-state index in [0.29, 0.717) is 22.9 Å². The SMILES string of the molecule is CS(=O)N1CCCC(c2cncc(N3C(=O)c4ccc(Cl)cc4C3(C)C)n2)C1. The molecule has 0 saturated carbocycles. The molecular formula is C20H23ClN4O2S. The summed E-state index contributed by atoms with van der Waals surface area (Å²) in [6, 6.07) is 5.36. The van der Waals surface area contributed by atoms with E-state index < -0.39 is 16.5 Å². The molecule has 3 heterocycles. The number of aromatic nitrogens is 2. The number of piperidine rings is 1. The van der Waals surface area contributed by atoms with Gasteiger partial charge in [0.05, 0.1) is 28.4 Å². The van der Waals surface area contributed by atoms with Gasteiger partial charge in [-0.2, -0.15) is 0 Å². The predicted octanol–water partition coefficient (Wildman–Crippen LogP) is 3.50. The fourth-order valence-corrected chi connectivity index (χ4v) is 5.13. The minimum absolute atomic E-state index is 0.0944. The largest absolute Gasteiger partial charge is 0.282 e. The van der Waals surface area contributed by atoms with Crippen LogP contribution in [0.4, 0.5) is 5.82 Å². The van der Waals surface area contributed by atoms with Gasteiger partial charge < -0.3 is 0 Å². The fourth-order valence-electron chi connectivity index (χ4n) is 4.19. The van der Waals surface area contributed by atoms with Crippen LogP contribution in [0.5, 0.6) is 0 Å². The van der Waals surface area contributed by atoms with Crippen molar-refractivity contribution in [2.45, 2.75) is 38.1 Å². The molecule has 1 aromatic heterocycles. The maximum absolute atomic E-state index is 13.1. The van der Waals surface area contributed by atoms with E-state index in [1.807, 2.05) is 24.2 Å². The Balaban J connectivity index is 1.68. The Morgan fingerprint density at radius 3 is 2.82 bits per heavy atom. The number of halogens is 1. The third-order valence-electron chi connectivity index (χ3n) is 5.67. The van der Waals surface area contributed by atoms with Crippen LogP contribution >= 0.6 is 11.6 Å². The van der Waals surface area contributed by atoms with Crippen LogP contribution in [0.25, 0.3) is 0 Å². The van der Waals surface area contributed by atoms with Gasteiger partial charge in [0.1, 0.15) is 0 Å². The molecule has 148 valence electrons. The summed E-state index contributed by atoms with van der Waals surface area (Å²) in [4.78, 5) is 24.0. The first-order valence-corrected chi connectivity index (χ1v) is 11.2. The first-order chi connectivity index (χ1) is 13.3. The van der Waals surface area contributed by atoms with Crippen LogP contribution in [-0.2, 0) is 16.5 Å². The summed E-state index contributed by atoms with van der Waals surface area (Å²) in [6.45, 7) is 5.50. The molecule has 6 nitrogen and oxygen atoms in total. The van der Waals surface area contributed by atoms with Crippen LogP contribution in [0.3, 0.4) is 0 Å². The maximum Gasteiger partial charge on any atom is 0.260 e. The summed E-state index contributed by atoms with van der Waals surface area (Å²) in [5.74, 6) is 0.598. The summed E-state index contributed by atoms with van der Waals surface area (Å²) in [5.41, 5.74) is 1.80. The number of carbonyl (C=O) groups is 1. The Kier molecular flexibility index (Phi) is 5.02. The smallest absolute Gasteiger partial charge is 0.260 e. The standard InChI is InChI=1S/C20H23ClN4O2S/c1-20(2)16-9-14(21)6-7-15(16)19(26)25(20)18-11-22-10-17(23-18)13-5-4-8-24(12-13)28(3)27/h6-7,9-11,13H,4-5,8,12H2,1-3H3. The molecule has 4 rings (SSSR count). The normalized spacial score (nSPS) is 22.9. The second-order valence-electron chi connectivity index (χ2n) is 7.84. The van der Waals surface area contributed by atoms with Crippen LogP contribution < -0.4 is 4.90 Å². The molecule has 0 bridgehead atoms. The second-order valence-corrected chi connectivity index (χ2v) is 9.64. The van der Waals surface area contributed by atoms with Gasteiger partial charge in [0, 0.05) is 42.0 Å². The van der Waals surface area contributed by atoms with Gasteiger partial charge in [-0.25, -0.2) is 13.5 Å². The lowest BCUT2D eigenvalue weighted by Crippen LogP contribution is -2.40. The quantitative estimate of drug-likeness (QED) is 0.765. The molecule has 1 aromatic carbocycles. The number of hydrogen-bond acceptors (Lipinski definition) is 4. The summed E-state index contributed by atoms with van der Waals surface area (Å²) in [7, 11) is -0.993. The Morgan fingerprint density at radius 1 is 1.29 bits per heavy atom. The molecule has 1 fully saturated rings. The van der Waals surface area contributed by atoms with Crippen LogP contribution in [0.15, 0.2) is 30.6 Å². The molecule has 28 heavy (non-hydrogen) atoms. The van der Waals surface area contributed by atoms with E-state index in [9.17, 15) is 9.00 Å². The van der Waals surface area contributed by atoms with Crippen molar-refractivity contribution in [3.8, 4) is 0 Å². The highest BCUT2D eigenvalue weighted by atomic mass is 35.5. The molecule has 2 atom stereocenters. The minimum atomic E-state index is -0.993. The molecule has 2 aromatic rings. The number of benzene rings is 1. The highest BCUT2D eigenvalue weighted by Crippen LogP contribution is 2.42. The van der Waals surface area contributed by atoms with Gasteiger partial charge in [0.15, 0.2) is 5.82 Å². The van der Waals surface area contributed by atoms with E-state index >= 15 is 0 Å². The zero-order valence-electron chi connectivity index (χ0n) is 16.2. The Labute approximate surface area is 172 Å². The van der Waals surface area contributed by atoms with Crippen LogP contribution in [0, 0.1) is 0 Å². The molecule has 2 aliphatic rings. The first-order valence-electron chi connectivity index (χ1n) is 9.34. The molecule has 0 aliphatic carbocycles. The van der Waals surface area contributed by atoms with E-state index in [4.69, 9.17) is 16.6 Å². The lowest BCUT2D eigenvalue weighted by Gasteiger charge is -2.33. The van der Waals surface area contributed by atoms with Gasteiger partial charge in [-0.15, -0.1) is 0 Å². The van der Waals surface area contributed by atoms with Crippen LogP contribution in [0.1, 0.15) is 54.2 Å². The van der Waals surface area contributed by atoms with Crippen molar-refractivity contribution in [3.05, 3.63) is 52.4 Å². The van der Waals surface area contributed by atoms with Gasteiger partial charge in [0.25, 0.3) is 5.91 Å². The molecule has 0 radical (unpaired) electrons. The van der Waals surface area contributed by atoms with Crippen molar-refractivity contribution >= 4 is 34.3 Å². The summed E-state index contributed by atoms with van der Waals surface area (Å²) in [6.07, 6.45) is 7.04. The predicted molar refractivity (Wildman–Crippen MR) is 111 cm³/mol. The molecule has 0 N–H and O–H groups in total. The summed E-state index contributed by atoms with van der Waals surface area (Å²) in [5, 5.41) is 0.608. The van der Waals surface area contributed by atoms with Crippen LogP contribution in [-0.4, -0.2) is 43.7 Å². The Hall–Kier alpha value is -1.83. The van der Waals surface area contributed by atoms with Gasteiger partial charge in [0.2, 0.25) is 0 Å². The maximum atomic E-state index is 13.1.